The van der Waals surface area contributed by atoms with Crippen LogP contribution in [0.2, 0.25) is 19.6 Å². The Morgan fingerprint density at radius 3 is 2.48 bits per heavy atom. The Morgan fingerprint density at radius 1 is 1.12 bits per heavy atom. The van der Waals surface area contributed by atoms with E-state index in [1.165, 1.54) is 33.3 Å². The summed E-state index contributed by atoms with van der Waals surface area (Å²) in [5.74, 6) is 0.741. The first kappa shape index (κ1) is 16.4. The van der Waals surface area contributed by atoms with Gasteiger partial charge in [-0.2, -0.15) is 0 Å². The van der Waals surface area contributed by atoms with Crippen LogP contribution in [0.3, 0.4) is 0 Å². The molecule has 1 aromatic heterocycles. The molecule has 2 aromatic carbocycles. The number of benzene rings is 2. The predicted octanol–water partition coefficient (Wildman–Crippen LogP) is 5.62. The van der Waals surface area contributed by atoms with Crippen LogP contribution in [0.5, 0.6) is 5.75 Å². The zero-order valence-electron chi connectivity index (χ0n) is 15.7. The Bertz CT molecular complexity index is 1010. The number of aryl methyl sites for hydroxylation is 2. The molecule has 4 heteroatoms. The Hall–Kier alpha value is -2.07. The quantitative estimate of drug-likeness (QED) is 0.545. The molecule has 4 rings (SSSR count). The van der Waals surface area contributed by atoms with Gasteiger partial charge in [-0.3, -0.25) is 0 Å². The third kappa shape index (κ3) is 2.20. The summed E-state index contributed by atoms with van der Waals surface area (Å²) in [6.07, 6.45) is 0. The number of hydrogen-bond donors (Lipinski definition) is 0. The molecule has 1 atom stereocenters. The monoisotopic (exact) mass is 353 g/mol. The highest BCUT2D eigenvalue weighted by atomic mass is 28.3. The Morgan fingerprint density at radius 2 is 1.84 bits per heavy atom. The highest BCUT2D eigenvalue weighted by Crippen LogP contribution is 2.53. The van der Waals surface area contributed by atoms with Gasteiger partial charge >= 0.3 is 0 Å². The molecule has 0 aliphatic heterocycles. The minimum atomic E-state index is -1.61. The summed E-state index contributed by atoms with van der Waals surface area (Å²) in [4.78, 5) is 0. The fraction of sp³-hybridized carbons (Fsp3) is 0.333. The molecule has 1 unspecified atom stereocenters. The van der Waals surface area contributed by atoms with E-state index in [1.54, 1.807) is 19.2 Å². The SMILES string of the molecule is COc1cc(C)c2c3c(n(C)c2c1)-c1ccc(F)cc1C3[Si](C)(C)C. The van der Waals surface area contributed by atoms with Crippen LogP contribution in [0.25, 0.3) is 22.2 Å². The Labute approximate surface area is 149 Å². The number of methoxy groups -OCH3 is 1. The first-order valence-electron chi connectivity index (χ1n) is 8.70. The average Bonchev–Trinajstić information content (AvgIpc) is 2.99. The molecule has 0 N–H and O–H groups in total. The standard InChI is InChI=1S/C21H24FNOSi/c1-12-9-14(24-3)11-17-18(12)19-20(23(17)2)15-8-7-13(22)10-16(15)21(19)25(4,5)6/h7-11,21H,1-6H3. The molecular weight excluding hydrogens is 329 g/mol. The minimum absolute atomic E-state index is 0.141. The summed E-state index contributed by atoms with van der Waals surface area (Å²) < 4.78 is 21.8. The van der Waals surface area contributed by atoms with Gasteiger partial charge in [-0.25, -0.2) is 4.39 Å². The van der Waals surface area contributed by atoms with Gasteiger partial charge < -0.3 is 9.30 Å². The fourth-order valence-electron chi connectivity index (χ4n) is 4.54. The largest absolute Gasteiger partial charge is 0.497 e. The summed E-state index contributed by atoms with van der Waals surface area (Å²) in [6.45, 7) is 9.27. The van der Waals surface area contributed by atoms with Crippen molar-refractivity contribution in [3.63, 3.8) is 0 Å². The van der Waals surface area contributed by atoms with Gasteiger partial charge in [0.15, 0.2) is 0 Å². The van der Waals surface area contributed by atoms with E-state index in [0.717, 1.165) is 11.3 Å². The molecule has 25 heavy (non-hydrogen) atoms. The maximum absolute atomic E-state index is 14.0. The van der Waals surface area contributed by atoms with E-state index in [1.807, 2.05) is 6.07 Å². The molecule has 0 amide bonds. The van der Waals surface area contributed by atoms with E-state index >= 15 is 0 Å². The van der Waals surface area contributed by atoms with Crippen molar-refractivity contribution in [2.45, 2.75) is 32.1 Å². The lowest BCUT2D eigenvalue weighted by Crippen LogP contribution is -2.30. The molecule has 2 nitrogen and oxygen atoms in total. The van der Waals surface area contributed by atoms with E-state index in [4.69, 9.17) is 4.74 Å². The molecule has 0 saturated carbocycles. The second-order valence-electron chi connectivity index (χ2n) is 8.19. The van der Waals surface area contributed by atoms with Gasteiger partial charge in [0.25, 0.3) is 0 Å². The topological polar surface area (TPSA) is 14.2 Å². The maximum atomic E-state index is 14.0. The molecule has 0 bridgehead atoms. The minimum Gasteiger partial charge on any atom is -0.497 e. The highest BCUT2D eigenvalue weighted by Gasteiger charge is 2.41. The van der Waals surface area contributed by atoms with Gasteiger partial charge in [0.1, 0.15) is 11.6 Å². The molecule has 0 spiro atoms. The van der Waals surface area contributed by atoms with E-state index in [-0.39, 0.29) is 5.82 Å². The molecular formula is C21H24FNOSi. The van der Waals surface area contributed by atoms with Crippen LogP contribution < -0.4 is 4.74 Å². The summed E-state index contributed by atoms with van der Waals surface area (Å²) in [6, 6.07) is 9.51. The number of fused-ring (bicyclic) bond motifs is 5. The highest BCUT2D eigenvalue weighted by molar-refractivity contribution is 6.78. The zero-order valence-corrected chi connectivity index (χ0v) is 16.7. The molecule has 1 aliphatic rings. The lowest BCUT2D eigenvalue weighted by molar-refractivity contribution is 0.415. The lowest BCUT2D eigenvalue weighted by atomic mass is 10.0. The van der Waals surface area contributed by atoms with Crippen molar-refractivity contribution in [2.75, 3.05) is 7.11 Å². The summed E-state index contributed by atoms with van der Waals surface area (Å²) in [5.41, 5.74) is 7.70. The van der Waals surface area contributed by atoms with E-state index in [9.17, 15) is 4.39 Å². The number of halogens is 1. The second kappa shape index (κ2) is 5.21. The summed E-state index contributed by atoms with van der Waals surface area (Å²) in [7, 11) is 2.21. The van der Waals surface area contributed by atoms with Crippen molar-refractivity contribution >= 4 is 19.0 Å². The maximum Gasteiger partial charge on any atom is 0.123 e. The van der Waals surface area contributed by atoms with Crippen LogP contribution in [0, 0.1) is 12.7 Å². The van der Waals surface area contributed by atoms with Crippen molar-refractivity contribution in [3.8, 4) is 17.0 Å². The Balaban J connectivity index is 2.17. The molecule has 0 radical (unpaired) electrons. The van der Waals surface area contributed by atoms with Gasteiger partial charge in [-0.1, -0.05) is 19.6 Å². The molecule has 1 aliphatic carbocycles. The van der Waals surface area contributed by atoms with Crippen LogP contribution in [-0.4, -0.2) is 19.8 Å². The first-order valence-corrected chi connectivity index (χ1v) is 12.3. The Kier molecular flexibility index (Phi) is 3.42. The number of rotatable bonds is 2. The zero-order chi connectivity index (χ0) is 18.1. The van der Waals surface area contributed by atoms with Gasteiger partial charge in [0.05, 0.1) is 26.4 Å². The van der Waals surface area contributed by atoms with Gasteiger partial charge in [0, 0.05) is 29.6 Å². The van der Waals surface area contributed by atoms with E-state index < -0.39 is 8.07 Å². The van der Waals surface area contributed by atoms with Crippen molar-refractivity contribution in [3.05, 3.63) is 52.8 Å². The first-order chi connectivity index (χ1) is 11.7. The van der Waals surface area contributed by atoms with E-state index in [2.05, 4.69) is 50.3 Å². The van der Waals surface area contributed by atoms with Gasteiger partial charge in [-0.15, -0.1) is 0 Å². The summed E-state index contributed by atoms with van der Waals surface area (Å²) >= 11 is 0. The number of nitrogens with zero attached hydrogens (tertiary/aromatic N) is 1. The smallest absolute Gasteiger partial charge is 0.123 e. The van der Waals surface area contributed by atoms with Crippen molar-refractivity contribution < 1.29 is 9.13 Å². The molecule has 1 heterocycles. The molecule has 0 saturated heterocycles. The average molecular weight is 354 g/mol. The number of ether oxygens (including phenoxy) is 1. The van der Waals surface area contributed by atoms with Gasteiger partial charge in [-0.05, 0) is 47.9 Å². The van der Waals surface area contributed by atoms with Crippen LogP contribution in [0.1, 0.15) is 22.2 Å². The predicted molar refractivity (Wildman–Crippen MR) is 105 cm³/mol. The number of hydrogen-bond acceptors (Lipinski definition) is 1. The van der Waals surface area contributed by atoms with E-state index in [0.29, 0.717) is 5.54 Å². The van der Waals surface area contributed by atoms with Crippen molar-refractivity contribution in [2.24, 2.45) is 7.05 Å². The van der Waals surface area contributed by atoms with Crippen LogP contribution in [0.15, 0.2) is 30.3 Å². The number of aromatic nitrogens is 1. The fourth-order valence-corrected chi connectivity index (χ4v) is 6.86. The molecule has 130 valence electrons. The van der Waals surface area contributed by atoms with Crippen LogP contribution in [-0.2, 0) is 7.05 Å². The molecule has 3 aromatic rings. The third-order valence-corrected chi connectivity index (χ3v) is 7.81. The summed E-state index contributed by atoms with van der Waals surface area (Å²) in [5, 5.41) is 1.31. The van der Waals surface area contributed by atoms with Crippen LogP contribution in [0.4, 0.5) is 4.39 Å². The van der Waals surface area contributed by atoms with Crippen LogP contribution >= 0.6 is 0 Å². The second-order valence-corrected chi connectivity index (χ2v) is 13.5. The van der Waals surface area contributed by atoms with Crippen molar-refractivity contribution in [1.29, 1.82) is 0 Å². The lowest BCUT2D eigenvalue weighted by Gasteiger charge is -2.27. The third-order valence-electron chi connectivity index (χ3n) is 5.48. The normalized spacial score (nSPS) is 16.2. The van der Waals surface area contributed by atoms with Crippen molar-refractivity contribution in [1.82, 2.24) is 4.57 Å². The van der Waals surface area contributed by atoms with Gasteiger partial charge in [0.2, 0.25) is 0 Å². The molecule has 0 fully saturated rings.